The van der Waals surface area contributed by atoms with Gasteiger partial charge in [-0.05, 0) is 24.5 Å². The van der Waals surface area contributed by atoms with Gasteiger partial charge in [-0.3, -0.25) is 4.79 Å². The van der Waals surface area contributed by atoms with Crippen molar-refractivity contribution >= 4 is 5.97 Å². The molecule has 0 aromatic heterocycles. The first-order chi connectivity index (χ1) is 8.89. The lowest BCUT2D eigenvalue weighted by Gasteiger charge is -2.12. The number of rotatable bonds is 5. The lowest BCUT2D eigenvalue weighted by atomic mass is 10.0. The number of hydrogen-bond acceptors (Lipinski definition) is 2. The number of carbonyl (C=O) groups excluding carboxylic acids is 1. The van der Waals surface area contributed by atoms with Gasteiger partial charge >= 0.3 is 12.1 Å². The van der Waals surface area contributed by atoms with Crippen molar-refractivity contribution in [2.24, 2.45) is 0 Å². The maximum absolute atomic E-state index is 12.7. The molecule has 5 heteroatoms. The molecule has 0 aliphatic carbocycles. The molecule has 0 N–H and O–H groups in total. The van der Waals surface area contributed by atoms with E-state index in [2.05, 4.69) is 4.74 Å². The molecule has 0 spiro atoms. The van der Waals surface area contributed by atoms with E-state index in [4.69, 9.17) is 0 Å². The molecule has 2 nitrogen and oxygen atoms in total. The number of carbonyl (C=O) groups is 1. The first-order valence-corrected chi connectivity index (χ1v) is 5.83. The Morgan fingerprint density at radius 2 is 1.89 bits per heavy atom. The lowest BCUT2D eigenvalue weighted by molar-refractivity contribution is -0.140. The van der Waals surface area contributed by atoms with Crippen LogP contribution in [-0.4, -0.2) is 18.8 Å². The summed E-state index contributed by atoms with van der Waals surface area (Å²) in [6.45, 7) is 0.810. The van der Waals surface area contributed by atoms with Crippen LogP contribution in [0.5, 0.6) is 0 Å². The first kappa shape index (κ1) is 15.3. The van der Waals surface area contributed by atoms with Crippen LogP contribution in [0.4, 0.5) is 13.2 Å². The van der Waals surface area contributed by atoms with Crippen molar-refractivity contribution in [2.45, 2.75) is 25.9 Å². The van der Waals surface area contributed by atoms with Crippen molar-refractivity contribution in [1.82, 2.24) is 0 Å². The Morgan fingerprint density at radius 3 is 2.42 bits per heavy atom. The van der Waals surface area contributed by atoms with Gasteiger partial charge < -0.3 is 4.74 Å². The highest BCUT2D eigenvalue weighted by molar-refractivity contribution is 5.66. The number of hydrogen-bond donors (Lipinski definition) is 0. The van der Waals surface area contributed by atoms with Gasteiger partial charge in [-0.25, -0.2) is 0 Å². The van der Waals surface area contributed by atoms with Gasteiger partial charge in [0.05, 0.1) is 0 Å². The van der Waals surface area contributed by atoms with E-state index in [0.29, 0.717) is 6.42 Å². The highest BCUT2D eigenvalue weighted by atomic mass is 19.4. The minimum absolute atomic E-state index is 0.130. The quantitative estimate of drug-likeness (QED) is 0.604. The van der Waals surface area contributed by atoms with Gasteiger partial charge in [-0.1, -0.05) is 30.3 Å². The second kappa shape index (κ2) is 6.97. The summed E-state index contributed by atoms with van der Waals surface area (Å²) in [6, 6.07) is 8.93. The molecule has 19 heavy (non-hydrogen) atoms. The Balaban J connectivity index is 2.63. The van der Waals surface area contributed by atoms with Crippen LogP contribution in [0.15, 0.2) is 42.0 Å². The minimum Gasteiger partial charge on any atom is -0.462 e. The standard InChI is InChI=1S/C14H15F3O2/c1-11(18)19-10-9-13(14(15,16)17)8-7-12-5-3-2-4-6-12/h2-6,9H,7-8,10H2,1H3/b13-9+. The normalized spacial score (nSPS) is 12.3. The molecule has 0 aliphatic rings. The number of esters is 1. The van der Waals surface area contributed by atoms with Gasteiger partial charge in [-0.15, -0.1) is 0 Å². The highest BCUT2D eigenvalue weighted by Gasteiger charge is 2.32. The van der Waals surface area contributed by atoms with Gasteiger partial charge in [0.2, 0.25) is 0 Å². The number of halogens is 3. The molecule has 104 valence electrons. The molecule has 0 atom stereocenters. The van der Waals surface area contributed by atoms with Gasteiger partial charge in [0.15, 0.2) is 0 Å². The van der Waals surface area contributed by atoms with Gasteiger partial charge in [-0.2, -0.15) is 13.2 Å². The Bertz CT molecular complexity index is 436. The van der Waals surface area contributed by atoms with Crippen molar-refractivity contribution in [1.29, 1.82) is 0 Å². The molecule has 0 saturated carbocycles. The fourth-order valence-electron chi connectivity index (χ4n) is 1.54. The second-order valence-electron chi connectivity index (χ2n) is 4.02. The van der Waals surface area contributed by atoms with E-state index in [1.54, 1.807) is 24.3 Å². The minimum atomic E-state index is -4.39. The van der Waals surface area contributed by atoms with Crippen LogP contribution in [0.2, 0.25) is 0 Å². The number of alkyl halides is 3. The molecule has 0 radical (unpaired) electrons. The van der Waals surface area contributed by atoms with E-state index < -0.39 is 17.7 Å². The van der Waals surface area contributed by atoms with Crippen molar-refractivity contribution < 1.29 is 22.7 Å². The molecule has 0 aliphatic heterocycles. The average molecular weight is 272 g/mol. The van der Waals surface area contributed by atoms with Crippen LogP contribution >= 0.6 is 0 Å². The topological polar surface area (TPSA) is 26.3 Å². The van der Waals surface area contributed by atoms with Crippen LogP contribution in [-0.2, 0) is 16.0 Å². The molecule has 0 unspecified atom stereocenters. The zero-order valence-corrected chi connectivity index (χ0v) is 10.5. The molecule has 1 rings (SSSR count). The summed E-state index contributed by atoms with van der Waals surface area (Å²) in [6.07, 6.45) is -3.31. The Kier molecular flexibility index (Phi) is 5.60. The maximum atomic E-state index is 12.7. The lowest BCUT2D eigenvalue weighted by Crippen LogP contribution is -2.14. The van der Waals surface area contributed by atoms with Crippen molar-refractivity contribution in [3.63, 3.8) is 0 Å². The second-order valence-corrected chi connectivity index (χ2v) is 4.02. The molecule has 0 heterocycles. The predicted octanol–water partition coefficient (Wildman–Crippen LogP) is 3.67. The summed E-state index contributed by atoms with van der Waals surface area (Å²) in [5, 5.41) is 0. The smallest absolute Gasteiger partial charge is 0.412 e. The molecule has 0 amide bonds. The highest BCUT2D eigenvalue weighted by Crippen LogP contribution is 2.29. The molecule has 0 fully saturated rings. The Hall–Kier alpha value is -1.78. The summed E-state index contributed by atoms with van der Waals surface area (Å²) >= 11 is 0. The van der Waals surface area contributed by atoms with E-state index in [9.17, 15) is 18.0 Å². The maximum Gasteiger partial charge on any atom is 0.412 e. The van der Waals surface area contributed by atoms with Crippen LogP contribution in [0.3, 0.4) is 0 Å². The summed E-state index contributed by atoms with van der Waals surface area (Å²) in [4.78, 5) is 10.5. The average Bonchev–Trinajstić information content (AvgIpc) is 2.33. The van der Waals surface area contributed by atoms with Crippen LogP contribution in [0.25, 0.3) is 0 Å². The molecular formula is C14H15F3O2. The van der Waals surface area contributed by atoms with Crippen molar-refractivity contribution in [3.05, 3.63) is 47.5 Å². The molecule has 1 aromatic rings. The van der Waals surface area contributed by atoms with Crippen LogP contribution < -0.4 is 0 Å². The molecule has 0 saturated heterocycles. The third kappa shape index (κ3) is 6.08. The Labute approximate surface area is 109 Å². The zero-order chi connectivity index (χ0) is 14.3. The SMILES string of the molecule is CC(=O)OC/C=C(\CCc1ccccc1)C(F)(F)F. The summed E-state index contributed by atoms with van der Waals surface area (Å²) < 4.78 is 42.7. The van der Waals surface area contributed by atoms with Crippen molar-refractivity contribution in [2.75, 3.05) is 6.61 Å². The molecular weight excluding hydrogens is 257 g/mol. The fraction of sp³-hybridized carbons (Fsp3) is 0.357. The largest absolute Gasteiger partial charge is 0.462 e. The predicted molar refractivity (Wildman–Crippen MR) is 65.5 cm³/mol. The van der Waals surface area contributed by atoms with Crippen LogP contribution in [0.1, 0.15) is 18.9 Å². The molecule has 1 aromatic carbocycles. The third-order valence-corrected chi connectivity index (χ3v) is 2.51. The van der Waals surface area contributed by atoms with Gasteiger partial charge in [0, 0.05) is 12.5 Å². The summed E-state index contributed by atoms with van der Waals surface area (Å²) in [7, 11) is 0. The van der Waals surface area contributed by atoms with Gasteiger partial charge in [0.25, 0.3) is 0 Å². The Morgan fingerprint density at radius 1 is 1.26 bits per heavy atom. The summed E-state index contributed by atoms with van der Waals surface area (Å²) in [5.41, 5.74) is 0.169. The van der Waals surface area contributed by atoms with Gasteiger partial charge in [0.1, 0.15) is 6.61 Å². The fourth-order valence-corrected chi connectivity index (χ4v) is 1.54. The number of benzene rings is 1. The monoisotopic (exact) mass is 272 g/mol. The van der Waals surface area contributed by atoms with E-state index in [0.717, 1.165) is 18.6 Å². The molecule has 0 bridgehead atoms. The first-order valence-electron chi connectivity index (χ1n) is 5.83. The van der Waals surface area contributed by atoms with E-state index in [1.165, 1.54) is 0 Å². The number of ether oxygens (including phenoxy) is 1. The van der Waals surface area contributed by atoms with Crippen molar-refractivity contribution in [3.8, 4) is 0 Å². The number of aryl methyl sites for hydroxylation is 1. The zero-order valence-electron chi connectivity index (χ0n) is 10.5. The van der Waals surface area contributed by atoms with Crippen LogP contribution in [0, 0.1) is 0 Å². The van der Waals surface area contributed by atoms with E-state index in [-0.39, 0.29) is 13.0 Å². The third-order valence-electron chi connectivity index (χ3n) is 2.51. The van der Waals surface area contributed by atoms with E-state index >= 15 is 0 Å². The number of allylic oxidation sites excluding steroid dienone is 1. The summed E-state index contributed by atoms with van der Waals surface area (Å²) in [5.74, 6) is -0.596. The van der Waals surface area contributed by atoms with E-state index in [1.807, 2.05) is 6.07 Å².